The molecule has 2 atom stereocenters. The van der Waals surface area contributed by atoms with Crippen molar-refractivity contribution in [1.29, 1.82) is 0 Å². The van der Waals surface area contributed by atoms with Gasteiger partial charge in [-0.1, -0.05) is 19.3 Å². The quantitative estimate of drug-likeness (QED) is 0.796. The van der Waals surface area contributed by atoms with E-state index in [1.165, 1.54) is 17.8 Å². The van der Waals surface area contributed by atoms with E-state index < -0.39 is 5.60 Å². The van der Waals surface area contributed by atoms with Gasteiger partial charge in [0.1, 0.15) is 0 Å². The molecule has 2 aliphatic rings. The highest BCUT2D eigenvalue weighted by Gasteiger charge is 2.43. The number of hydrogen-bond donors (Lipinski definition) is 1. The molecule has 1 aromatic rings. The van der Waals surface area contributed by atoms with Crippen molar-refractivity contribution in [3.8, 4) is 0 Å². The molecular formula is C21H34N2O2. The highest BCUT2D eigenvalue weighted by Crippen LogP contribution is 2.39. The Morgan fingerprint density at radius 3 is 2.68 bits per heavy atom. The number of aromatic nitrogens is 1. The van der Waals surface area contributed by atoms with E-state index in [4.69, 9.17) is 0 Å². The number of piperidine rings is 1. The molecule has 3 rings (SSSR count). The van der Waals surface area contributed by atoms with Crippen LogP contribution < -0.4 is 0 Å². The average molecular weight is 347 g/mol. The van der Waals surface area contributed by atoms with Crippen LogP contribution in [0.25, 0.3) is 0 Å². The van der Waals surface area contributed by atoms with E-state index in [0.29, 0.717) is 18.2 Å². The van der Waals surface area contributed by atoms with Gasteiger partial charge in [0.05, 0.1) is 5.60 Å². The number of amides is 1. The molecule has 1 N–H and O–H groups in total. The second kappa shape index (κ2) is 7.94. The largest absolute Gasteiger partial charge is 0.389 e. The van der Waals surface area contributed by atoms with Gasteiger partial charge in [0, 0.05) is 43.4 Å². The van der Waals surface area contributed by atoms with Crippen LogP contribution in [0.4, 0.5) is 0 Å². The molecule has 0 aromatic carbocycles. The Hall–Kier alpha value is -1.29. The average Bonchev–Trinajstić information content (AvgIpc) is 2.92. The maximum absolute atomic E-state index is 12.5. The summed E-state index contributed by atoms with van der Waals surface area (Å²) in [5, 5.41) is 10.7. The van der Waals surface area contributed by atoms with Crippen molar-refractivity contribution in [2.45, 2.75) is 83.8 Å². The number of aliphatic hydroxyl groups is 1. The normalized spacial score (nSPS) is 26.5. The first-order chi connectivity index (χ1) is 12.0. The number of carbonyl (C=O) groups excluding carboxylic acids is 1. The van der Waals surface area contributed by atoms with Crippen molar-refractivity contribution in [2.75, 3.05) is 13.1 Å². The van der Waals surface area contributed by atoms with Gasteiger partial charge in [-0.15, -0.1) is 0 Å². The van der Waals surface area contributed by atoms with Crippen LogP contribution in [0.15, 0.2) is 12.1 Å². The van der Waals surface area contributed by atoms with Crippen molar-refractivity contribution in [3.63, 3.8) is 0 Å². The van der Waals surface area contributed by atoms with Gasteiger partial charge in [0.15, 0.2) is 0 Å². The first-order valence-corrected chi connectivity index (χ1v) is 10.1. The smallest absolute Gasteiger partial charge is 0.222 e. The van der Waals surface area contributed by atoms with Crippen LogP contribution in [0, 0.1) is 19.8 Å². The third-order valence-corrected chi connectivity index (χ3v) is 6.47. The third kappa shape index (κ3) is 4.28. The molecule has 1 amide bonds. The van der Waals surface area contributed by atoms with Crippen molar-refractivity contribution in [1.82, 2.24) is 9.47 Å². The predicted octanol–water partition coefficient (Wildman–Crippen LogP) is 3.82. The number of hydrogen-bond acceptors (Lipinski definition) is 2. The lowest BCUT2D eigenvalue weighted by Gasteiger charge is -2.47. The first-order valence-electron chi connectivity index (χ1n) is 10.1. The number of aryl methyl sites for hydroxylation is 2. The zero-order valence-corrected chi connectivity index (χ0v) is 16.0. The van der Waals surface area contributed by atoms with E-state index in [1.807, 2.05) is 4.90 Å². The van der Waals surface area contributed by atoms with Crippen LogP contribution in [-0.2, 0) is 11.3 Å². The lowest BCUT2D eigenvalue weighted by molar-refractivity contribution is -0.143. The fourth-order valence-corrected chi connectivity index (χ4v) is 4.73. The fraction of sp³-hybridized carbons (Fsp3) is 0.762. The maximum Gasteiger partial charge on any atom is 0.222 e. The second-order valence-corrected chi connectivity index (χ2v) is 8.21. The molecule has 0 radical (unpaired) electrons. The van der Waals surface area contributed by atoms with Gasteiger partial charge >= 0.3 is 0 Å². The molecule has 25 heavy (non-hydrogen) atoms. The summed E-state index contributed by atoms with van der Waals surface area (Å²) in [5.74, 6) is 0.597. The Balaban J connectivity index is 1.37. The molecule has 1 aromatic heterocycles. The molecule has 4 nitrogen and oxygen atoms in total. The summed E-state index contributed by atoms with van der Waals surface area (Å²) in [6.45, 7) is 6.88. The minimum absolute atomic E-state index is 0.293. The van der Waals surface area contributed by atoms with Gasteiger partial charge in [0.25, 0.3) is 0 Å². The van der Waals surface area contributed by atoms with Crippen LogP contribution >= 0.6 is 0 Å². The summed E-state index contributed by atoms with van der Waals surface area (Å²) in [7, 11) is 0. The van der Waals surface area contributed by atoms with Crippen LogP contribution in [0.5, 0.6) is 0 Å². The van der Waals surface area contributed by atoms with Crippen molar-refractivity contribution >= 4 is 5.91 Å². The topological polar surface area (TPSA) is 45.5 Å². The Morgan fingerprint density at radius 1 is 1.16 bits per heavy atom. The minimum atomic E-state index is -0.485. The monoisotopic (exact) mass is 346 g/mol. The van der Waals surface area contributed by atoms with Crippen LogP contribution in [0.3, 0.4) is 0 Å². The SMILES string of the molecule is Cc1ccc(C)n1CCCCCC(=O)N1CC[C@@]2(O)CCCC[C@H]2C1. The summed E-state index contributed by atoms with van der Waals surface area (Å²) in [4.78, 5) is 14.5. The summed E-state index contributed by atoms with van der Waals surface area (Å²) in [5.41, 5.74) is 2.16. The fourth-order valence-electron chi connectivity index (χ4n) is 4.73. The van der Waals surface area contributed by atoms with E-state index in [-0.39, 0.29) is 0 Å². The summed E-state index contributed by atoms with van der Waals surface area (Å²) >= 11 is 0. The summed E-state index contributed by atoms with van der Waals surface area (Å²) < 4.78 is 2.36. The predicted molar refractivity (Wildman–Crippen MR) is 100 cm³/mol. The molecule has 1 aliphatic carbocycles. The summed E-state index contributed by atoms with van der Waals surface area (Å²) in [6, 6.07) is 4.34. The molecule has 0 unspecified atom stereocenters. The Labute approximate surface area is 152 Å². The van der Waals surface area contributed by atoms with E-state index in [9.17, 15) is 9.90 Å². The molecular weight excluding hydrogens is 312 g/mol. The van der Waals surface area contributed by atoms with Crippen molar-refractivity contribution in [2.24, 2.45) is 5.92 Å². The van der Waals surface area contributed by atoms with Crippen LogP contribution in [0.2, 0.25) is 0 Å². The standard InChI is InChI=1S/C21H34N2O2/c1-17-10-11-18(2)23(17)14-7-3-4-9-20(24)22-15-13-21(25)12-6-5-8-19(21)16-22/h10-11,19,25H,3-9,12-16H2,1-2H3/t19-,21-/m0/s1. The van der Waals surface area contributed by atoms with Gasteiger partial charge in [0.2, 0.25) is 5.91 Å². The number of carbonyl (C=O) groups is 1. The first kappa shape index (κ1) is 18.5. The summed E-state index contributed by atoms with van der Waals surface area (Å²) in [6.07, 6.45) is 8.99. The van der Waals surface area contributed by atoms with E-state index >= 15 is 0 Å². The Morgan fingerprint density at radius 2 is 1.92 bits per heavy atom. The number of fused-ring (bicyclic) bond motifs is 1. The minimum Gasteiger partial charge on any atom is -0.389 e. The van der Waals surface area contributed by atoms with E-state index in [1.54, 1.807) is 0 Å². The molecule has 0 spiro atoms. The number of unbranched alkanes of at least 4 members (excludes halogenated alkanes) is 2. The molecule has 1 saturated carbocycles. The molecule has 1 aliphatic heterocycles. The number of rotatable bonds is 6. The maximum atomic E-state index is 12.5. The van der Waals surface area contributed by atoms with E-state index in [0.717, 1.165) is 64.6 Å². The lowest BCUT2D eigenvalue weighted by atomic mass is 9.71. The van der Waals surface area contributed by atoms with Gasteiger partial charge in [-0.2, -0.15) is 0 Å². The van der Waals surface area contributed by atoms with E-state index in [2.05, 4.69) is 30.5 Å². The molecule has 2 fully saturated rings. The second-order valence-electron chi connectivity index (χ2n) is 8.21. The number of nitrogens with zero attached hydrogens (tertiary/aromatic N) is 2. The number of likely N-dealkylation sites (tertiary alicyclic amines) is 1. The zero-order valence-electron chi connectivity index (χ0n) is 16.0. The third-order valence-electron chi connectivity index (χ3n) is 6.47. The van der Waals surface area contributed by atoms with Gasteiger partial charge in [-0.3, -0.25) is 4.79 Å². The van der Waals surface area contributed by atoms with Crippen molar-refractivity contribution < 1.29 is 9.90 Å². The Bertz CT molecular complexity index is 575. The van der Waals surface area contributed by atoms with Gasteiger partial charge < -0.3 is 14.6 Å². The van der Waals surface area contributed by atoms with Crippen molar-refractivity contribution in [3.05, 3.63) is 23.5 Å². The van der Waals surface area contributed by atoms with Gasteiger partial charge in [-0.05, 0) is 58.1 Å². The van der Waals surface area contributed by atoms with Crippen LogP contribution in [0.1, 0.15) is 69.2 Å². The molecule has 0 bridgehead atoms. The van der Waals surface area contributed by atoms with Crippen LogP contribution in [-0.4, -0.2) is 39.2 Å². The van der Waals surface area contributed by atoms with Gasteiger partial charge in [-0.25, -0.2) is 0 Å². The highest BCUT2D eigenvalue weighted by molar-refractivity contribution is 5.76. The Kier molecular flexibility index (Phi) is 5.88. The molecule has 1 saturated heterocycles. The molecule has 4 heteroatoms. The highest BCUT2D eigenvalue weighted by atomic mass is 16.3. The lowest BCUT2D eigenvalue weighted by Crippen LogP contribution is -2.54. The zero-order chi connectivity index (χ0) is 17.9. The molecule has 140 valence electrons. The molecule has 2 heterocycles.